The van der Waals surface area contributed by atoms with Gasteiger partial charge >= 0.3 is 0 Å². The van der Waals surface area contributed by atoms with Gasteiger partial charge in [-0.25, -0.2) is 17.2 Å². The lowest BCUT2D eigenvalue weighted by Gasteiger charge is -2.13. The summed E-state index contributed by atoms with van der Waals surface area (Å²) in [7, 11) is -2.24. The van der Waals surface area contributed by atoms with Crippen molar-refractivity contribution in [1.82, 2.24) is 19.9 Å². The predicted octanol–water partition coefficient (Wildman–Crippen LogP) is 5.88. The number of sulfonamides is 1. The van der Waals surface area contributed by atoms with Gasteiger partial charge < -0.3 is 9.73 Å². The number of aromatic nitrogens is 3. The summed E-state index contributed by atoms with van der Waals surface area (Å²) < 4.78 is 63.1. The molecule has 3 aromatic heterocycles. The summed E-state index contributed by atoms with van der Waals surface area (Å²) >= 11 is 0. The van der Waals surface area contributed by atoms with Crippen molar-refractivity contribution >= 4 is 38.2 Å². The summed E-state index contributed by atoms with van der Waals surface area (Å²) in [4.78, 5) is 13.1. The van der Waals surface area contributed by atoms with Crippen LogP contribution in [0.3, 0.4) is 0 Å². The van der Waals surface area contributed by atoms with Crippen LogP contribution in [0.1, 0.15) is 17.3 Å². The van der Waals surface area contributed by atoms with Crippen molar-refractivity contribution < 1.29 is 26.4 Å². The average molecular weight is 588 g/mol. The third-order valence-electron chi connectivity index (χ3n) is 6.85. The first-order valence-corrected chi connectivity index (χ1v) is 14.5. The molecule has 0 spiro atoms. The zero-order chi connectivity index (χ0) is 29.6. The fraction of sp³-hybridized carbons (Fsp3) is 0.100. The van der Waals surface area contributed by atoms with Crippen LogP contribution in [0.4, 0.5) is 14.5 Å². The van der Waals surface area contributed by atoms with Crippen molar-refractivity contribution in [3.63, 3.8) is 0 Å². The molecule has 0 unspecified atom stereocenters. The Hall–Kier alpha value is -5.10. The number of amides is 1. The molecule has 6 aromatic rings. The van der Waals surface area contributed by atoms with Crippen LogP contribution in [0.25, 0.3) is 50.5 Å². The number of benzene rings is 3. The number of hydrogen-bond acceptors (Lipinski definition) is 6. The number of pyridine rings is 1. The SMILES string of the molecule is CCS(=O)(=O)Nc1cc2oc(-c3ccc(F)cc3)c(C(=O)NC)c2cc1-c1ccc2nnc(-c3ccc(F)cc3)n2c1. The van der Waals surface area contributed by atoms with Crippen molar-refractivity contribution in [2.75, 3.05) is 17.5 Å². The van der Waals surface area contributed by atoms with Gasteiger partial charge in [0.25, 0.3) is 5.91 Å². The molecule has 212 valence electrons. The van der Waals surface area contributed by atoms with Crippen molar-refractivity contribution in [3.8, 4) is 33.8 Å². The third kappa shape index (κ3) is 4.85. The summed E-state index contributed by atoms with van der Waals surface area (Å²) in [5.74, 6) is -0.781. The fourth-order valence-electron chi connectivity index (χ4n) is 4.71. The second kappa shape index (κ2) is 10.4. The molecular weight excluding hydrogens is 564 g/mol. The highest BCUT2D eigenvalue weighted by atomic mass is 32.2. The molecule has 2 N–H and O–H groups in total. The molecule has 3 heterocycles. The quantitative estimate of drug-likeness (QED) is 0.241. The lowest BCUT2D eigenvalue weighted by Crippen LogP contribution is -2.18. The van der Waals surface area contributed by atoms with Gasteiger partial charge in [-0.1, -0.05) is 0 Å². The van der Waals surface area contributed by atoms with Crippen molar-refractivity contribution in [1.29, 1.82) is 0 Å². The van der Waals surface area contributed by atoms with Gasteiger partial charge in [0.15, 0.2) is 11.5 Å². The summed E-state index contributed by atoms with van der Waals surface area (Å²) in [5.41, 5.74) is 3.34. The highest BCUT2D eigenvalue weighted by Gasteiger charge is 2.25. The van der Waals surface area contributed by atoms with E-state index < -0.39 is 21.7 Å². The molecule has 0 atom stereocenters. The number of furan rings is 1. The number of carbonyl (C=O) groups excluding carboxylic acids is 1. The standard InChI is InChI=1S/C30H23F2N5O4S/c1-3-42(39,40)36-24-15-25-23(27(30(38)33-2)28(41-25)17-4-9-20(31)10-5-17)14-22(24)19-8-13-26-34-35-29(37(26)16-19)18-6-11-21(32)12-7-18/h4-16,36H,3H2,1-2H3,(H,33,38). The number of fused-ring (bicyclic) bond motifs is 2. The Balaban J connectivity index is 1.61. The summed E-state index contributed by atoms with van der Waals surface area (Å²) in [6.07, 6.45) is 1.74. The maximum absolute atomic E-state index is 13.7. The highest BCUT2D eigenvalue weighted by Crippen LogP contribution is 2.40. The summed E-state index contributed by atoms with van der Waals surface area (Å²) in [6.45, 7) is 1.52. The van der Waals surface area contributed by atoms with E-state index in [1.165, 1.54) is 56.4 Å². The molecule has 0 saturated heterocycles. The zero-order valence-corrected chi connectivity index (χ0v) is 23.2. The Kier molecular flexibility index (Phi) is 6.70. The molecule has 9 nitrogen and oxygen atoms in total. The van der Waals surface area contributed by atoms with Gasteiger partial charge in [-0.15, -0.1) is 10.2 Å². The normalized spacial score (nSPS) is 11.7. The Labute approximate surface area is 238 Å². The molecular formula is C30H23F2N5O4S. The maximum Gasteiger partial charge on any atom is 0.255 e. The smallest absolute Gasteiger partial charge is 0.255 e. The minimum Gasteiger partial charge on any atom is -0.455 e. The third-order valence-corrected chi connectivity index (χ3v) is 8.14. The van der Waals surface area contributed by atoms with Gasteiger partial charge in [-0.3, -0.25) is 13.9 Å². The maximum atomic E-state index is 13.7. The van der Waals surface area contributed by atoms with Gasteiger partial charge in [0.1, 0.15) is 23.0 Å². The zero-order valence-electron chi connectivity index (χ0n) is 22.4. The Morgan fingerprint density at radius 1 is 0.905 bits per heavy atom. The number of hydrogen-bond donors (Lipinski definition) is 2. The second-order valence-corrected chi connectivity index (χ2v) is 11.5. The van der Waals surface area contributed by atoms with E-state index in [-0.39, 0.29) is 34.2 Å². The monoisotopic (exact) mass is 587 g/mol. The number of rotatable bonds is 7. The molecule has 1 amide bonds. The van der Waals surface area contributed by atoms with Gasteiger partial charge in [0.2, 0.25) is 10.0 Å². The van der Waals surface area contributed by atoms with Gasteiger partial charge in [-0.2, -0.15) is 0 Å². The molecule has 0 radical (unpaired) electrons. The molecule has 0 aliphatic heterocycles. The van der Waals surface area contributed by atoms with Gasteiger partial charge in [0, 0.05) is 47.0 Å². The van der Waals surface area contributed by atoms with Crippen LogP contribution < -0.4 is 10.0 Å². The predicted molar refractivity (Wildman–Crippen MR) is 155 cm³/mol. The van der Waals surface area contributed by atoms with E-state index in [4.69, 9.17) is 4.42 Å². The van der Waals surface area contributed by atoms with Crippen LogP contribution in [0.5, 0.6) is 0 Å². The Morgan fingerprint density at radius 2 is 1.55 bits per heavy atom. The van der Waals surface area contributed by atoms with E-state index in [0.29, 0.717) is 39.1 Å². The van der Waals surface area contributed by atoms with Crippen LogP contribution in [0, 0.1) is 11.6 Å². The first-order valence-electron chi connectivity index (χ1n) is 12.9. The second-order valence-electron chi connectivity index (χ2n) is 9.47. The number of nitrogens with zero attached hydrogens (tertiary/aromatic N) is 3. The van der Waals surface area contributed by atoms with E-state index >= 15 is 0 Å². The number of anilines is 1. The van der Waals surface area contributed by atoms with Crippen molar-refractivity contribution in [2.45, 2.75) is 6.92 Å². The minimum absolute atomic E-state index is 0.174. The first kappa shape index (κ1) is 27.1. The molecule has 0 bridgehead atoms. The van der Waals surface area contributed by atoms with Crippen molar-refractivity contribution in [2.24, 2.45) is 0 Å². The molecule has 6 rings (SSSR count). The van der Waals surface area contributed by atoms with Crippen LogP contribution in [-0.2, 0) is 10.0 Å². The van der Waals surface area contributed by atoms with Gasteiger partial charge in [-0.05, 0) is 73.7 Å². The van der Waals surface area contributed by atoms with E-state index in [9.17, 15) is 22.0 Å². The lowest BCUT2D eigenvalue weighted by atomic mass is 9.99. The van der Waals surface area contributed by atoms with E-state index in [0.717, 1.165) is 0 Å². The summed E-state index contributed by atoms with van der Waals surface area (Å²) in [5, 5.41) is 11.5. The van der Waals surface area contributed by atoms with Crippen LogP contribution in [0.2, 0.25) is 0 Å². The van der Waals surface area contributed by atoms with Crippen LogP contribution in [-0.4, -0.2) is 41.7 Å². The number of nitrogens with one attached hydrogen (secondary N) is 2. The molecule has 12 heteroatoms. The fourth-order valence-corrected chi connectivity index (χ4v) is 5.36. The average Bonchev–Trinajstić information content (AvgIpc) is 3.58. The molecule has 3 aromatic carbocycles. The molecule has 0 saturated carbocycles. The topological polar surface area (TPSA) is 119 Å². The lowest BCUT2D eigenvalue weighted by molar-refractivity contribution is 0.0964. The van der Waals surface area contributed by atoms with E-state index in [2.05, 4.69) is 20.2 Å². The Morgan fingerprint density at radius 3 is 2.19 bits per heavy atom. The Bertz CT molecular complexity index is 2090. The minimum atomic E-state index is -3.72. The van der Waals surface area contributed by atoms with Crippen molar-refractivity contribution in [3.05, 3.63) is 96.2 Å². The molecule has 42 heavy (non-hydrogen) atoms. The molecule has 0 aliphatic rings. The molecule has 0 aliphatic carbocycles. The van der Waals surface area contributed by atoms with Gasteiger partial charge in [0.05, 0.1) is 17.0 Å². The number of carbonyl (C=O) groups is 1. The number of halogens is 2. The first-order chi connectivity index (χ1) is 20.2. The molecule has 0 fully saturated rings. The van der Waals surface area contributed by atoms with E-state index in [1.54, 1.807) is 40.9 Å². The largest absolute Gasteiger partial charge is 0.455 e. The van der Waals surface area contributed by atoms with Crippen LogP contribution in [0.15, 0.2) is 83.4 Å². The summed E-state index contributed by atoms with van der Waals surface area (Å²) in [6, 6.07) is 18.0. The van der Waals surface area contributed by atoms with Crippen LogP contribution >= 0.6 is 0 Å². The van der Waals surface area contributed by atoms with E-state index in [1.807, 2.05) is 0 Å². The highest BCUT2D eigenvalue weighted by molar-refractivity contribution is 7.92.